The molecule has 0 unspecified atom stereocenters. The highest BCUT2D eigenvalue weighted by Gasteiger charge is 2.59. The van der Waals surface area contributed by atoms with Crippen LogP contribution in [-0.2, 0) is 9.59 Å². The summed E-state index contributed by atoms with van der Waals surface area (Å²) < 4.78 is 0. The van der Waals surface area contributed by atoms with Crippen LogP contribution in [-0.4, -0.2) is 30.8 Å². The number of nitrogens with zero attached hydrogens (tertiary/aromatic N) is 2. The third-order valence-corrected chi connectivity index (χ3v) is 6.67. The van der Waals surface area contributed by atoms with E-state index in [0.29, 0.717) is 11.3 Å². The fourth-order valence-corrected chi connectivity index (χ4v) is 5.40. The number of fused-ring (bicyclic) bond motifs is 5. The van der Waals surface area contributed by atoms with E-state index in [1.165, 1.54) is 11.3 Å². The van der Waals surface area contributed by atoms with Gasteiger partial charge >= 0.3 is 0 Å². The van der Waals surface area contributed by atoms with Crippen LogP contribution in [0.25, 0.3) is 0 Å². The first kappa shape index (κ1) is 16.5. The molecule has 4 aliphatic rings. The standard InChI is InChI=1S/C21H23N3O3/c22-19(25)14-6-7-15(23-8-2-1-3-9-23)16(11-14)24-20(26)17-12-4-5-13(10-12)18(17)21(24)27/h4-7,11-13,17-18H,1-3,8-10H2,(H2,22,25)/t12-,13-,17+,18+/m0/s1. The lowest BCUT2D eigenvalue weighted by atomic mass is 9.85. The van der Waals surface area contributed by atoms with Gasteiger partial charge in [0.05, 0.1) is 23.2 Å². The molecule has 2 heterocycles. The van der Waals surface area contributed by atoms with Crippen molar-refractivity contribution in [2.24, 2.45) is 29.4 Å². The number of carbonyl (C=O) groups is 3. The first-order chi connectivity index (χ1) is 13.1. The van der Waals surface area contributed by atoms with Crippen molar-refractivity contribution in [2.45, 2.75) is 25.7 Å². The smallest absolute Gasteiger partial charge is 0.248 e. The summed E-state index contributed by atoms with van der Waals surface area (Å²) in [6.45, 7) is 1.78. The van der Waals surface area contributed by atoms with Crippen LogP contribution in [0.1, 0.15) is 36.0 Å². The second kappa shape index (κ2) is 5.94. The minimum Gasteiger partial charge on any atom is -0.370 e. The normalized spacial score (nSPS) is 31.7. The van der Waals surface area contributed by atoms with Crippen molar-refractivity contribution in [3.05, 3.63) is 35.9 Å². The van der Waals surface area contributed by atoms with Crippen LogP contribution in [0.15, 0.2) is 30.4 Å². The first-order valence-electron chi connectivity index (χ1n) is 9.81. The number of piperidine rings is 1. The van der Waals surface area contributed by atoms with Gasteiger partial charge in [-0.2, -0.15) is 0 Å². The van der Waals surface area contributed by atoms with Gasteiger partial charge < -0.3 is 10.6 Å². The van der Waals surface area contributed by atoms with Crippen LogP contribution in [0.3, 0.4) is 0 Å². The Bertz CT molecular complexity index is 841. The van der Waals surface area contributed by atoms with E-state index in [1.807, 2.05) is 6.07 Å². The fraction of sp³-hybridized carbons (Fsp3) is 0.476. The number of amides is 3. The molecule has 4 atom stereocenters. The summed E-state index contributed by atoms with van der Waals surface area (Å²) >= 11 is 0. The lowest BCUT2D eigenvalue weighted by molar-refractivity contribution is -0.123. The van der Waals surface area contributed by atoms with Crippen LogP contribution in [0, 0.1) is 23.7 Å². The number of primary amides is 1. The number of rotatable bonds is 3. The molecule has 2 saturated heterocycles. The number of anilines is 2. The molecule has 2 N–H and O–H groups in total. The minimum absolute atomic E-state index is 0.123. The highest BCUT2D eigenvalue weighted by molar-refractivity contribution is 6.24. The molecule has 3 fully saturated rings. The van der Waals surface area contributed by atoms with E-state index in [9.17, 15) is 14.4 Å². The fourth-order valence-electron chi connectivity index (χ4n) is 5.40. The zero-order chi connectivity index (χ0) is 18.7. The molecule has 1 saturated carbocycles. The zero-order valence-electron chi connectivity index (χ0n) is 15.1. The Morgan fingerprint density at radius 3 is 2.15 bits per heavy atom. The Morgan fingerprint density at radius 2 is 1.56 bits per heavy atom. The average Bonchev–Trinajstić information content (AvgIpc) is 3.36. The Kier molecular flexibility index (Phi) is 3.64. The maximum atomic E-state index is 13.2. The van der Waals surface area contributed by atoms with Crippen molar-refractivity contribution >= 4 is 29.1 Å². The van der Waals surface area contributed by atoms with Crippen molar-refractivity contribution in [1.82, 2.24) is 0 Å². The Labute approximate surface area is 158 Å². The van der Waals surface area contributed by atoms with Crippen molar-refractivity contribution in [2.75, 3.05) is 22.9 Å². The van der Waals surface area contributed by atoms with Gasteiger partial charge in [0.25, 0.3) is 0 Å². The Balaban J connectivity index is 1.59. The predicted octanol–water partition coefficient (Wildman–Crippen LogP) is 2.09. The van der Waals surface area contributed by atoms with Gasteiger partial charge in [0.2, 0.25) is 17.7 Å². The summed E-state index contributed by atoms with van der Waals surface area (Å²) in [6, 6.07) is 5.15. The van der Waals surface area contributed by atoms with Crippen LogP contribution in [0.5, 0.6) is 0 Å². The van der Waals surface area contributed by atoms with Gasteiger partial charge in [-0.1, -0.05) is 12.2 Å². The highest BCUT2D eigenvalue weighted by Crippen LogP contribution is 2.54. The van der Waals surface area contributed by atoms with Crippen molar-refractivity contribution in [1.29, 1.82) is 0 Å². The number of benzene rings is 1. The van der Waals surface area contributed by atoms with Crippen LogP contribution >= 0.6 is 0 Å². The number of hydrogen-bond acceptors (Lipinski definition) is 4. The third-order valence-electron chi connectivity index (χ3n) is 6.67. The van der Waals surface area contributed by atoms with E-state index in [1.54, 1.807) is 12.1 Å². The van der Waals surface area contributed by atoms with Crippen LogP contribution in [0.2, 0.25) is 0 Å². The van der Waals surface area contributed by atoms with Gasteiger partial charge in [0, 0.05) is 18.7 Å². The van der Waals surface area contributed by atoms with Crippen LogP contribution < -0.4 is 15.5 Å². The molecule has 27 heavy (non-hydrogen) atoms. The van der Waals surface area contributed by atoms with E-state index >= 15 is 0 Å². The topological polar surface area (TPSA) is 83.7 Å². The molecule has 0 radical (unpaired) electrons. The summed E-state index contributed by atoms with van der Waals surface area (Å²) in [6.07, 6.45) is 8.43. The molecule has 2 aliphatic heterocycles. The molecule has 1 aromatic carbocycles. The van der Waals surface area contributed by atoms with Crippen LogP contribution in [0.4, 0.5) is 11.4 Å². The van der Waals surface area contributed by atoms with E-state index in [0.717, 1.165) is 38.0 Å². The van der Waals surface area contributed by atoms with Crippen molar-refractivity contribution < 1.29 is 14.4 Å². The molecule has 2 aliphatic carbocycles. The van der Waals surface area contributed by atoms with E-state index in [-0.39, 0.29) is 35.5 Å². The first-order valence-corrected chi connectivity index (χ1v) is 9.81. The molecule has 0 aromatic heterocycles. The molecule has 6 nitrogen and oxygen atoms in total. The second-order valence-electron chi connectivity index (χ2n) is 8.13. The highest BCUT2D eigenvalue weighted by atomic mass is 16.2. The maximum absolute atomic E-state index is 13.2. The Hall–Kier alpha value is -2.63. The summed E-state index contributed by atoms with van der Waals surface area (Å²) in [5.41, 5.74) is 7.17. The van der Waals surface area contributed by atoms with Gasteiger partial charge in [-0.25, -0.2) is 4.90 Å². The number of allylic oxidation sites excluding steroid dienone is 2. The molecule has 140 valence electrons. The lowest BCUT2D eigenvalue weighted by Gasteiger charge is -2.32. The van der Waals surface area contributed by atoms with E-state index < -0.39 is 5.91 Å². The van der Waals surface area contributed by atoms with Gasteiger partial charge in [0.1, 0.15) is 0 Å². The van der Waals surface area contributed by atoms with E-state index in [4.69, 9.17) is 5.73 Å². The second-order valence-corrected chi connectivity index (χ2v) is 8.13. The molecule has 3 amide bonds. The maximum Gasteiger partial charge on any atom is 0.248 e. The quantitative estimate of drug-likeness (QED) is 0.657. The average molecular weight is 365 g/mol. The number of imide groups is 1. The van der Waals surface area contributed by atoms with Crippen molar-refractivity contribution in [3.63, 3.8) is 0 Å². The molecule has 5 rings (SSSR count). The SMILES string of the molecule is NC(=O)c1ccc(N2CCCCC2)c(N2C(=O)[C@H]3[C@H](C2=O)[C@H]2C=C[C@H]3C2)c1. The van der Waals surface area contributed by atoms with Gasteiger partial charge in [0.15, 0.2) is 0 Å². The molecule has 2 bridgehead atoms. The summed E-state index contributed by atoms with van der Waals surface area (Å²) in [5.74, 6) is -0.970. The molecule has 0 spiro atoms. The van der Waals surface area contributed by atoms with E-state index in [2.05, 4.69) is 17.1 Å². The summed E-state index contributed by atoms with van der Waals surface area (Å²) in [4.78, 5) is 41.8. The molecule has 6 heteroatoms. The molecule has 1 aromatic rings. The predicted molar refractivity (Wildman–Crippen MR) is 101 cm³/mol. The molecular formula is C21H23N3O3. The zero-order valence-corrected chi connectivity index (χ0v) is 15.1. The monoisotopic (exact) mass is 365 g/mol. The Morgan fingerprint density at radius 1 is 0.926 bits per heavy atom. The third kappa shape index (κ3) is 2.35. The summed E-state index contributed by atoms with van der Waals surface area (Å²) in [7, 11) is 0. The minimum atomic E-state index is -0.553. The number of carbonyl (C=O) groups excluding carboxylic acids is 3. The van der Waals surface area contributed by atoms with Gasteiger partial charge in [-0.3, -0.25) is 14.4 Å². The number of hydrogen-bond donors (Lipinski definition) is 1. The number of nitrogens with two attached hydrogens (primary N) is 1. The lowest BCUT2D eigenvalue weighted by Crippen LogP contribution is -2.36. The van der Waals surface area contributed by atoms with Gasteiger partial charge in [-0.15, -0.1) is 0 Å². The van der Waals surface area contributed by atoms with Crippen molar-refractivity contribution in [3.8, 4) is 0 Å². The largest absolute Gasteiger partial charge is 0.370 e. The molecular weight excluding hydrogens is 342 g/mol. The summed E-state index contributed by atoms with van der Waals surface area (Å²) in [5, 5.41) is 0. The van der Waals surface area contributed by atoms with Gasteiger partial charge in [-0.05, 0) is 55.7 Å².